The topological polar surface area (TPSA) is 25.2 Å². The van der Waals surface area contributed by atoms with E-state index in [2.05, 4.69) is 22.5 Å². The highest BCUT2D eigenvalue weighted by Gasteiger charge is 2.14. The van der Waals surface area contributed by atoms with Crippen molar-refractivity contribution in [3.8, 4) is 0 Å². The summed E-state index contributed by atoms with van der Waals surface area (Å²) in [6.07, 6.45) is 5.65. The summed E-state index contributed by atoms with van der Waals surface area (Å²) in [6.45, 7) is 4.42. The molecule has 0 saturated heterocycles. The molecule has 1 rings (SSSR count). The molecule has 1 heterocycles. The summed E-state index contributed by atoms with van der Waals surface area (Å²) >= 11 is 3.36. The Morgan fingerprint density at radius 1 is 1.69 bits per heavy atom. The molecule has 1 amide bonds. The molecule has 0 bridgehead atoms. The second kappa shape index (κ2) is 5.89. The van der Waals surface area contributed by atoms with Crippen molar-refractivity contribution in [1.29, 1.82) is 0 Å². The number of rotatable bonds is 5. The summed E-state index contributed by atoms with van der Waals surface area (Å²) in [5.74, 6) is 0.0530. The van der Waals surface area contributed by atoms with Crippen molar-refractivity contribution in [2.45, 2.75) is 12.8 Å². The predicted octanol–water partition coefficient (Wildman–Crippen LogP) is 2.83. The highest BCUT2D eigenvalue weighted by atomic mass is 79.9. The second-order valence-corrected chi connectivity index (χ2v) is 4.73. The number of hydrogen-bond donors (Lipinski definition) is 0. The highest BCUT2D eigenvalue weighted by molar-refractivity contribution is 9.10. The van der Waals surface area contributed by atoms with E-state index in [0.29, 0.717) is 5.69 Å². The molecule has 1 aromatic rings. The van der Waals surface area contributed by atoms with Gasteiger partial charge in [-0.3, -0.25) is 4.79 Å². The summed E-state index contributed by atoms with van der Waals surface area (Å²) in [5.41, 5.74) is 0.702. The van der Waals surface area contributed by atoms with Gasteiger partial charge in [0.1, 0.15) is 5.69 Å². The van der Waals surface area contributed by atoms with Crippen LogP contribution >= 0.6 is 15.9 Å². The van der Waals surface area contributed by atoms with Gasteiger partial charge in [0.25, 0.3) is 5.91 Å². The van der Waals surface area contributed by atoms with Crippen LogP contribution in [0.3, 0.4) is 0 Å². The van der Waals surface area contributed by atoms with Crippen LogP contribution in [-0.4, -0.2) is 29.0 Å². The van der Waals surface area contributed by atoms with E-state index in [1.807, 2.05) is 37.0 Å². The van der Waals surface area contributed by atoms with Crippen LogP contribution in [-0.2, 0) is 7.05 Å². The molecule has 0 saturated carbocycles. The lowest BCUT2D eigenvalue weighted by atomic mass is 10.3. The maximum Gasteiger partial charge on any atom is 0.270 e. The van der Waals surface area contributed by atoms with Crippen molar-refractivity contribution in [2.75, 3.05) is 13.6 Å². The normalized spacial score (nSPS) is 10.2. The number of carbonyl (C=O) groups is 1. The van der Waals surface area contributed by atoms with Gasteiger partial charge in [-0.15, -0.1) is 6.58 Å². The zero-order valence-corrected chi connectivity index (χ0v) is 11.3. The minimum absolute atomic E-state index is 0.0530. The van der Waals surface area contributed by atoms with Gasteiger partial charge in [-0.2, -0.15) is 0 Å². The van der Waals surface area contributed by atoms with Crippen molar-refractivity contribution in [1.82, 2.24) is 9.47 Å². The highest BCUT2D eigenvalue weighted by Crippen LogP contribution is 2.15. The Morgan fingerprint density at radius 2 is 2.38 bits per heavy atom. The largest absolute Gasteiger partial charge is 0.345 e. The predicted molar refractivity (Wildman–Crippen MR) is 69.5 cm³/mol. The third-order valence-corrected chi connectivity index (χ3v) is 2.87. The van der Waals surface area contributed by atoms with E-state index in [0.717, 1.165) is 23.9 Å². The molecule has 88 valence electrons. The Hall–Kier alpha value is -1.03. The Morgan fingerprint density at radius 3 is 2.88 bits per heavy atom. The lowest BCUT2D eigenvalue weighted by Gasteiger charge is -2.16. The van der Waals surface area contributed by atoms with Gasteiger partial charge in [0.05, 0.1) is 0 Å². The number of allylic oxidation sites excluding steroid dienone is 1. The molecule has 0 aliphatic carbocycles. The maximum atomic E-state index is 12.0. The maximum absolute atomic E-state index is 12.0. The van der Waals surface area contributed by atoms with Gasteiger partial charge in [-0.1, -0.05) is 6.08 Å². The molecule has 3 nitrogen and oxygen atoms in total. The van der Waals surface area contributed by atoms with E-state index >= 15 is 0 Å². The van der Waals surface area contributed by atoms with Crippen LogP contribution in [0.5, 0.6) is 0 Å². The van der Waals surface area contributed by atoms with Crippen LogP contribution in [0.1, 0.15) is 23.3 Å². The molecule has 16 heavy (non-hydrogen) atoms. The van der Waals surface area contributed by atoms with Gasteiger partial charge in [-0.25, -0.2) is 0 Å². The first-order valence-corrected chi connectivity index (χ1v) is 6.03. The van der Waals surface area contributed by atoms with E-state index in [9.17, 15) is 4.79 Å². The zero-order valence-electron chi connectivity index (χ0n) is 9.74. The third-order valence-electron chi connectivity index (χ3n) is 2.44. The van der Waals surface area contributed by atoms with E-state index in [1.165, 1.54) is 0 Å². The minimum atomic E-state index is 0.0530. The van der Waals surface area contributed by atoms with Crippen LogP contribution < -0.4 is 0 Å². The zero-order chi connectivity index (χ0) is 12.1. The summed E-state index contributed by atoms with van der Waals surface area (Å²) in [5, 5.41) is 0. The van der Waals surface area contributed by atoms with Crippen molar-refractivity contribution in [2.24, 2.45) is 7.05 Å². The van der Waals surface area contributed by atoms with Gasteiger partial charge >= 0.3 is 0 Å². The molecule has 0 unspecified atom stereocenters. The Balaban J connectivity index is 2.63. The molecule has 4 heteroatoms. The molecule has 0 spiro atoms. The lowest BCUT2D eigenvalue weighted by Crippen LogP contribution is -2.29. The number of aryl methyl sites for hydroxylation is 1. The molecule has 0 atom stereocenters. The number of aromatic nitrogens is 1. The van der Waals surface area contributed by atoms with Gasteiger partial charge in [0, 0.05) is 31.3 Å². The van der Waals surface area contributed by atoms with E-state index in [-0.39, 0.29) is 5.91 Å². The van der Waals surface area contributed by atoms with E-state index in [4.69, 9.17) is 0 Å². The number of amides is 1. The van der Waals surface area contributed by atoms with Crippen LogP contribution in [0.15, 0.2) is 29.4 Å². The SMILES string of the molecule is C=CCCCN(C)C(=O)c1cc(Br)cn1C. The summed E-state index contributed by atoms with van der Waals surface area (Å²) in [4.78, 5) is 13.8. The van der Waals surface area contributed by atoms with Crippen molar-refractivity contribution in [3.63, 3.8) is 0 Å². The van der Waals surface area contributed by atoms with Gasteiger partial charge in [-0.05, 0) is 34.8 Å². The summed E-state index contributed by atoms with van der Waals surface area (Å²) in [7, 11) is 3.70. The number of halogens is 1. The molecule has 0 N–H and O–H groups in total. The number of hydrogen-bond acceptors (Lipinski definition) is 1. The molecule has 0 radical (unpaired) electrons. The molecule has 0 aromatic carbocycles. The van der Waals surface area contributed by atoms with Crippen molar-refractivity contribution in [3.05, 3.63) is 35.1 Å². The van der Waals surface area contributed by atoms with Crippen LogP contribution in [0.2, 0.25) is 0 Å². The Kier molecular flexibility index (Phi) is 4.80. The first kappa shape index (κ1) is 13.0. The molecular formula is C12H17BrN2O. The average molecular weight is 285 g/mol. The molecule has 0 aliphatic heterocycles. The third kappa shape index (κ3) is 3.23. The molecule has 0 aliphatic rings. The fraction of sp³-hybridized carbons (Fsp3) is 0.417. The fourth-order valence-corrected chi connectivity index (χ4v) is 2.03. The summed E-state index contributed by atoms with van der Waals surface area (Å²) in [6, 6.07) is 1.84. The first-order valence-electron chi connectivity index (χ1n) is 5.24. The lowest BCUT2D eigenvalue weighted by molar-refractivity contribution is 0.0784. The molecule has 0 fully saturated rings. The van der Waals surface area contributed by atoms with Crippen molar-refractivity contribution >= 4 is 21.8 Å². The van der Waals surface area contributed by atoms with Gasteiger partial charge in [0.15, 0.2) is 0 Å². The number of carbonyl (C=O) groups excluding carboxylic acids is 1. The van der Waals surface area contributed by atoms with Crippen molar-refractivity contribution < 1.29 is 4.79 Å². The second-order valence-electron chi connectivity index (χ2n) is 3.81. The van der Waals surface area contributed by atoms with Crippen LogP contribution in [0.25, 0.3) is 0 Å². The van der Waals surface area contributed by atoms with Crippen LogP contribution in [0, 0.1) is 0 Å². The fourth-order valence-electron chi connectivity index (χ4n) is 1.51. The Labute approximate surface area is 105 Å². The first-order chi connectivity index (χ1) is 7.56. The van der Waals surface area contributed by atoms with Gasteiger partial charge < -0.3 is 9.47 Å². The number of nitrogens with zero attached hydrogens (tertiary/aromatic N) is 2. The van der Waals surface area contributed by atoms with E-state index in [1.54, 1.807) is 4.90 Å². The standard InChI is InChI=1S/C12H17BrN2O/c1-4-5-6-7-14(2)12(16)11-8-10(13)9-15(11)3/h4,8-9H,1,5-7H2,2-3H3. The average Bonchev–Trinajstić information content (AvgIpc) is 2.57. The molecular weight excluding hydrogens is 268 g/mol. The molecule has 1 aromatic heterocycles. The monoisotopic (exact) mass is 284 g/mol. The van der Waals surface area contributed by atoms with E-state index < -0.39 is 0 Å². The minimum Gasteiger partial charge on any atom is -0.345 e. The quantitative estimate of drug-likeness (QED) is 0.603. The smallest absolute Gasteiger partial charge is 0.270 e. The summed E-state index contributed by atoms with van der Waals surface area (Å²) < 4.78 is 2.76. The number of unbranched alkanes of at least 4 members (excludes halogenated alkanes) is 1. The van der Waals surface area contributed by atoms with Crippen LogP contribution in [0.4, 0.5) is 0 Å². The Bertz CT molecular complexity index is 384. The van der Waals surface area contributed by atoms with Gasteiger partial charge in [0.2, 0.25) is 0 Å².